The number of amides is 1. The number of hydrogen-bond donors (Lipinski definition) is 0. The van der Waals surface area contributed by atoms with E-state index in [9.17, 15) is 4.79 Å². The van der Waals surface area contributed by atoms with Gasteiger partial charge in [-0.2, -0.15) is 0 Å². The predicted molar refractivity (Wildman–Crippen MR) is 125 cm³/mol. The summed E-state index contributed by atoms with van der Waals surface area (Å²) in [6.45, 7) is 4.30. The molecule has 2 aromatic carbocycles. The van der Waals surface area contributed by atoms with Crippen molar-refractivity contribution in [2.45, 2.75) is 31.7 Å². The van der Waals surface area contributed by atoms with Gasteiger partial charge in [0.05, 0.1) is 10.4 Å². The highest BCUT2D eigenvalue weighted by Crippen LogP contribution is 2.50. The third kappa shape index (κ3) is 4.17. The highest BCUT2D eigenvalue weighted by Gasteiger charge is 2.55. The van der Waals surface area contributed by atoms with E-state index in [1.165, 1.54) is 11.1 Å². The van der Waals surface area contributed by atoms with Crippen LogP contribution in [0.4, 0.5) is 0 Å². The SMILES string of the molecule is O=C1N(Cc2ccccc2)CCCC12CN(CCc1ccccc1)CC2c1nccs1. The van der Waals surface area contributed by atoms with Crippen molar-refractivity contribution in [3.63, 3.8) is 0 Å². The van der Waals surface area contributed by atoms with Crippen molar-refractivity contribution < 1.29 is 4.79 Å². The number of rotatable bonds is 6. The van der Waals surface area contributed by atoms with E-state index in [0.29, 0.717) is 12.5 Å². The van der Waals surface area contributed by atoms with Crippen LogP contribution in [0.25, 0.3) is 0 Å². The molecule has 1 spiro atoms. The van der Waals surface area contributed by atoms with Crippen molar-refractivity contribution in [2.24, 2.45) is 5.41 Å². The van der Waals surface area contributed by atoms with E-state index < -0.39 is 0 Å². The van der Waals surface area contributed by atoms with Crippen LogP contribution in [-0.4, -0.2) is 46.9 Å². The fourth-order valence-electron chi connectivity index (χ4n) is 5.36. The van der Waals surface area contributed by atoms with E-state index >= 15 is 0 Å². The standard InChI is InChI=1S/C26H29N3OS/c30-25-26(13-7-15-29(25)18-22-10-5-2-6-11-22)20-28(16-12-21-8-3-1-4-9-21)19-23(26)24-27-14-17-31-24/h1-6,8-11,14,17,23H,7,12-13,15-16,18-20H2. The number of piperidine rings is 1. The van der Waals surface area contributed by atoms with E-state index in [-0.39, 0.29) is 11.3 Å². The number of nitrogens with zero attached hydrogens (tertiary/aromatic N) is 3. The van der Waals surface area contributed by atoms with Gasteiger partial charge in [0.1, 0.15) is 0 Å². The fourth-order valence-corrected chi connectivity index (χ4v) is 6.21. The molecule has 160 valence electrons. The molecule has 3 heterocycles. The molecular weight excluding hydrogens is 402 g/mol. The van der Waals surface area contributed by atoms with Crippen molar-refractivity contribution in [3.8, 4) is 0 Å². The van der Waals surface area contributed by atoms with Gasteiger partial charge in [-0.05, 0) is 30.4 Å². The molecule has 0 radical (unpaired) electrons. The van der Waals surface area contributed by atoms with Gasteiger partial charge in [-0.15, -0.1) is 11.3 Å². The minimum absolute atomic E-state index is 0.189. The second-order valence-corrected chi connectivity index (χ2v) is 9.79. The molecule has 2 fully saturated rings. The van der Waals surface area contributed by atoms with Gasteiger partial charge in [0.15, 0.2) is 0 Å². The van der Waals surface area contributed by atoms with E-state index in [4.69, 9.17) is 0 Å². The molecule has 2 aliphatic rings. The van der Waals surface area contributed by atoms with Crippen molar-refractivity contribution in [1.82, 2.24) is 14.8 Å². The minimum atomic E-state index is -0.346. The summed E-state index contributed by atoms with van der Waals surface area (Å²) in [6, 6.07) is 21.0. The Morgan fingerprint density at radius 1 is 1.03 bits per heavy atom. The van der Waals surface area contributed by atoms with Crippen molar-refractivity contribution in [2.75, 3.05) is 26.2 Å². The maximum absolute atomic E-state index is 14.0. The average Bonchev–Trinajstić information content (AvgIpc) is 3.46. The second kappa shape index (κ2) is 8.93. The Morgan fingerprint density at radius 2 is 1.77 bits per heavy atom. The minimum Gasteiger partial charge on any atom is -0.338 e. The lowest BCUT2D eigenvalue weighted by atomic mass is 9.71. The topological polar surface area (TPSA) is 36.4 Å². The summed E-state index contributed by atoms with van der Waals surface area (Å²) in [6.07, 6.45) is 4.93. The fraction of sp³-hybridized carbons (Fsp3) is 0.385. The smallest absolute Gasteiger partial charge is 0.231 e. The maximum Gasteiger partial charge on any atom is 0.231 e. The largest absolute Gasteiger partial charge is 0.338 e. The summed E-state index contributed by atoms with van der Waals surface area (Å²) in [4.78, 5) is 23.2. The van der Waals surface area contributed by atoms with Crippen LogP contribution in [0.3, 0.4) is 0 Å². The first-order chi connectivity index (χ1) is 15.2. The van der Waals surface area contributed by atoms with E-state index in [1.807, 2.05) is 17.6 Å². The Kier molecular flexibility index (Phi) is 5.88. The number of likely N-dealkylation sites (tertiary alicyclic amines) is 2. The zero-order chi connectivity index (χ0) is 21.1. The number of benzene rings is 2. The first kappa shape index (κ1) is 20.4. The Labute approximate surface area is 188 Å². The van der Waals surface area contributed by atoms with Crippen molar-refractivity contribution in [1.29, 1.82) is 0 Å². The molecular formula is C26H29N3OS. The predicted octanol–water partition coefficient (Wildman–Crippen LogP) is 4.59. The Balaban J connectivity index is 1.38. The summed E-state index contributed by atoms with van der Waals surface area (Å²) in [7, 11) is 0. The molecule has 3 aromatic rings. The first-order valence-corrected chi connectivity index (χ1v) is 12.1. The quantitative estimate of drug-likeness (QED) is 0.573. The summed E-state index contributed by atoms with van der Waals surface area (Å²) in [5.41, 5.74) is 2.22. The zero-order valence-corrected chi connectivity index (χ0v) is 18.6. The van der Waals surface area contributed by atoms with E-state index in [0.717, 1.165) is 50.4 Å². The van der Waals surface area contributed by atoms with E-state index in [2.05, 4.69) is 69.4 Å². The van der Waals surface area contributed by atoms with E-state index in [1.54, 1.807) is 11.3 Å². The van der Waals surface area contributed by atoms with Gasteiger partial charge in [-0.1, -0.05) is 60.7 Å². The van der Waals surface area contributed by atoms with Gasteiger partial charge in [-0.3, -0.25) is 4.79 Å². The molecule has 1 amide bonds. The maximum atomic E-state index is 14.0. The van der Waals surface area contributed by atoms with Crippen molar-refractivity contribution in [3.05, 3.63) is 88.4 Å². The molecule has 2 unspecified atom stereocenters. The summed E-state index contributed by atoms with van der Waals surface area (Å²) in [5.74, 6) is 0.513. The van der Waals surface area contributed by atoms with Crippen LogP contribution in [0.15, 0.2) is 72.2 Å². The molecule has 1 aromatic heterocycles. The van der Waals surface area contributed by atoms with Gasteiger partial charge in [0.25, 0.3) is 0 Å². The number of carbonyl (C=O) groups is 1. The molecule has 0 saturated carbocycles. The van der Waals surface area contributed by atoms with Crippen LogP contribution in [0.2, 0.25) is 0 Å². The lowest BCUT2D eigenvalue weighted by Gasteiger charge is -2.42. The van der Waals surface area contributed by atoms with Crippen LogP contribution >= 0.6 is 11.3 Å². The molecule has 31 heavy (non-hydrogen) atoms. The first-order valence-electron chi connectivity index (χ1n) is 11.2. The molecule has 5 rings (SSSR count). The van der Waals surface area contributed by atoms with Crippen LogP contribution in [0.1, 0.15) is 34.9 Å². The zero-order valence-electron chi connectivity index (χ0n) is 17.8. The highest BCUT2D eigenvalue weighted by atomic mass is 32.1. The van der Waals surface area contributed by atoms with Gasteiger partial charge in [-0.25, -0.2) is 4.98 Å². The molecule has 2 atom stereocenters. The summed E-state index contributed by atoms with van der Waals surface area (Å²) >= 11 is 1.70. The van der Waals surface area contributed by atoms with Crippen molar-refractivity contribution >= 4 is 17.2 Å². The molecule has 4 nitrogen and oxygen atoms in total. The molecule has 5 heteroatoms. The average molecular weight is 432 g/mol. The monoisotopic (exact) mass is 431 g/mol. The van der Waals surface area contributed by atoms with Crippen LogP contribution in [0, 0.1) is 5.41 Å². The van der Waals surface area contributed by atoms with Gasteiger partial charge in [0.2, 0.25) is 5.91 Å². The molecule has 0 N–H and O–H groups in total. The van der Waals surface area contributed by atoms with Gasteiger partial charge >= 0.3 is 0 Å². The molecule has 2 aliphatic heterocycles. The Morgan fingerprint density at radius 3 is 2.48 bits per heavy atom. The number of aromatic nitrogens is 1. The molecule has 0 aliphatic carbocycles. The third-order valence-electron chi connectivity index (χ3n) is 6.90. The number of hydrogen-bond acceptors (Lipinski definition) is 4. The highest BCUT2D eigenvalue weighted by molar-refractivity contribution is 7.09. The summed E-state index contributed by atoms with van der Waals surface area (Å²) < 4.78 is 0. The second-order valence-electron chi connectivity index (χ2n) is 8.87. The van der Waals surface area contributed by atoms with Crippen LogP contribution in [-0.2, 0) is 17.8 Å². The lowest BCUT2D eigenvalue weighted by Crippen LogP contribution is -2.51. The number of thiazole rings is 1. The van der Waals surface area contributed by atoms with Gasteiger partial charge < -0.3 is 9.80 Å². The number of carbonyl (C=O) groups excluding carboxylic acids is 1. The molecule has 0 bridgehead atoms. The van der Waals surface area contributed by atoms with Gasteiger partial charge in [0, 0.05) is 50.2 Å². The summed E-state index contributed by atoms with van der Waals surface area (Å²) in [5, 5.41) is 3.17. The van der Waals surface area contributed by atoms with Crippen LogP contribution in [0.5, 0.6) is 0 Å². The normalized spacial score (nSPS) is 24.2. The Hall–Kier alpha value is -2.50. The lowest BCUT2D eigenvalue weighted by molar-refractivity contribution is -0.147. The third-order valence-corrected chi connectivity index (χ3v) is 7.79. The van der Waals surface area contributed by atoms with Crippen LogP contribution < -0.4 is 0 Å². The Bertz CT molecular complexity index is 992. The molecule has 2 saturated heterocycles.